The number of carboxylic acid groups (broad SMARTS) is 1. The Hall–Kier alpha value is -2.66. The lowest BCUT2D eigenvalue weighted by Crippen LogP contribution is -2.41. The Morgan fingerprint density at radius 1 is 0.920 bits per heavy atom. The van der Waals surface area contributed by atoms with E-state index in [-0.39, 0.29) is 5.91 Å². The lowest BCUT2D eigenvalue weighted by molar-refractivity contribution is -0.151. The van der Waals surface area contributed by atoms with E-state index >= 15 is 0 Å². The van der Waals surface area contributed by atoms with Crippen molar-refractivity contribution in [2.45, 2.75) is 26.1 Å². The van der Waals surface area contributed by atoms with E-state index in [2.05, 4.69) is 5.32 Å². The smallest absolute Gasteiger partial charge is 0.307 e. The molecule has 0 aromatic heterocycles. The number of amides is 1. The van der Waals surface area contributed by atoms with Crippen molar-refractivity contribution in [2.75, 3.05) is 5.32 Å². The molecular formula is C20H21NO4. The van der Waals surface area contributed by atoms with Gasteiger partial charge >= 0.3 is 5.97 Å². The van der Waals surface area contributed by atoms with E-state index in [1.807, 2.05) is 54.6 Å². The van der Waals surface area contributed by atoms with Gasteiger partial charge in [-0.1, -0.05) is 42.5 Å². The molecule has 1 aliphatic rings. The molecule has 2 unspecified atom stereocenters. The number of anilines is 1. The number of ether oxygens (including phenoxy) is 1. The van der Waals surface area contributed by atoms with E-state index in [1.165, 1.54) is 0 Å². The van der Waals surface area contributed by atoms with Gasteiger partial charge in [0.05, 0.1) is 25.0 Å². The van der Waals surface area contributed by atoms with E-state index < -0.39 is 17.8 Å². The molecule has 0 bridgehead atoms. The first-order chi connectivity index (χ1) is 12.1. The third kappa shape index (κ3) is 4.45. The first-order valence-electron chi connectivity index (χ1n) is 8.38. The van der Waals surface area contributed by atoms with Crippen LogP contribution in [0.5, 0.6) is 0 Å². The first-order valence-corrected chi connectivity index (χ1v) is 8.38. The Balaban J connectivity index is 1.47. The third-order valence-corrected chi connectivity index (χ3v) is 4.53. The highest BCUT2D eigenvalue weighted by molar-refractivity contribution is 5.96. The molecular weight excluding hydrogens is 318 g/mol. The number of benzene rings is 2. The summed E-state index contributed by atoms with van der Waals surface area (Å²) in [5.74, 6) is -2.08. The molecule has 1 saturated carbocycles. The first kappa shape index (κ1) is 17.2. The number of carboxylic acids is 1. The van der Waals surface area contributed by atoms with Gasteiger partial charge in [-0.05, 0) is 36.1 Å². The van der Waals surface area contributed by atoms with Gasteiger partial charge in [0.15, 0.2) is 0 Å². The largest absolute Gasteiger partial charge is 0.481 e. The number of carbonyl (C=O) groups excluding carboxylic acids is 1. The predicted octanol–water partition coefficient (Wildman–Crippen LogP) is 3.45. The lowest BCUT2D eigenvalue weighted by atomic mass is 9.73. The minimum absolute atomic E-state index is 0.216. The SMILES string of the molecule is O=C(O)C1CCC1C(=O)Nc1ccc(COCc2ccccc2)cc1. The maximum atomic E-state index is 12.1. The summed E-state index contributed by atoms with van der Waals surface area (Å²) in [6, 6.07) is 17.4. The Morgan fingerprint density at radius 3 is 2.08 bits per heavy atom. The molecule has 2 aromatic carbocycles. The molecule has 0 saturated heterocycles. The molecule has 1 aliphatic carbocycles. The van der Waals surface area contributed by atoms with Gasteiger partial charge in [-0.25, -0.2) is 0 Å². The molecule has 5 heteroatoms. The van der Waals surface area contributed by atoms with Crippen LogP contribution in [0.25, 0.3) is 0 Å². The van der Waals surface area contributed by atoms with E-state index in [1.54, 1.807) is 0 Å². The lowest BCUT2D eigenvalue weighted by Gasteiger charge is -2.31. The Kier molecular flexibility index (Phi) is 5.46. The molecule has 0 radical (unpaired) electrons. The van der Waals surface area contributed by atoms with Gasteiger partial charge in [0, 0.05) is 5.69 Å². The average molecular weight is 339 g/mol. The summed E-state index contributed by atoms with van der Waals surface area (Å²) >= 11 is 0. The second kappa shape index (κ2) is 7.94. The normalized spacial score (nSPS) is 19.0. The van der Waals surface area contributed by atoms with Crippen LogP contribution >= 0.6 is 0 Å². The van der Waals surface area contributed by atoms with Crippen LogP contribution in [0, 0.1) is 11.8 Å². The molecule has 0 heterocycles. The fraction of sp³-hybridized carbons (Fsp3) is 0.300. The second-order valence-corrected chi connectivity index (χ2v) is 6.29. The van der Waals surface area contributed by atoms with Crippen LogP contribution in [-0.4, -0.2) is 17.0 Å². The zero-order chi connectivity index (χ0) is 17.6. The number of carbonyl (C=O) groups is 2. The van der Waals surface area contributed by atoms with E-state index in [9.17, 15) is 9.59 Å². The summed E-state index contributed by atoms with van der Waals surface area (Å²) in [4.78, 5) is 23.1. The van der Waals surface area contributed by atoms with Crippen molar-refractivity contribution >= 4 is 17.6 Å². The van der Waals surface area contributed by atoms with Crippen molar-refractivity contribution in [1.82, 2.24) is 0 Å². The summed E-state index contributed by atoms with van der Waals surface area (Å²) in [5.41, 5.74) is 2.81. The molecule has 130 valence electrons. The minimum atomic E-state index is -0.891. The molecule has 2 N–H and O–H groups in total. The van der Waals surface area contributed by atoms with Crippen LogP contribution in [-0.2, 0) is 27.5 Å². The monoisotopic (exact) mass is 339 g/mol. The molecule has 0 spiro atoms. The van der Waals surface area contributed by atoms with Crippen molar-refractivity contribution < 1.29 is 19.4 Å². The molecule has 25 heavy (non-hydrogen) atoms. The fourth-order valence-corrected chi connectivity index (χ4v) is 2.89. The van der Waals surface area contributed by atoms with Crippen molar-refractivity contribution in [1.29, 1.82) is 0 Å². The predicted molar refractivity (Wildman–Crippen MR) is 93.9 cm³/mol. The van der Waals surface area contributed by atoms with E-state index in [0.717, 1.165) is 11.1 Å². The number of nitrogens with one attached hydrogen (secondary N) is 1. The molecule has 3 rings (SSSR count). The second-order valence-electron chi connectivity index (χ2n) is 6.29. The topological polar surface area (TPSA) is 75.6 Å². The molecule has 1 fully saturated rings. The van der Waals surface area contributed by atoms with Crippen molar-refractivity contribution in [3.05, 3.63) is 65.7 Å². The molecule has 2 atom stereocenters. The number of hydrogen-bond acceptors (Lipinski definition) is 3. The fourth-order valence-electron chi connectivity index (χ4n) is 2.89. The van der Waals surface area contributed by atoms with Crippen molar-refractivity contribution in [3.63, 3.8) is 0 Å². The maximum absolute atomic E-state index is 12.1. The number of hydrogen-bond donors (Lipinski definition) is 2. The highest BCUT2D eigenvalue weighted by atomic mass is 16.5. The summed E-state index contributed by atoms with van der Waals surface area (Å²) in [7, 11) is 0. The Labute approximate surface area is 146 Å². The van der Waals surface area contributed by atoms with Crippen LogP contribution in [0.3, 0.4) is 0 Å². The Bertz CT molecular complexity index is 727. The highest BCUT2D eigenvalue weighted by Gasteiger charge is 2.41. The van der Waals surface area contributed by atoms with Gasteiger partial charge in [-0.2, -0.15) is 0 Å². The van der Waals surface area contributed by atoms with Crippen LogP contribution < -0.4 is 5.32 Å². The average Bonchev–Trinajstić information content (AvgIpc) is 2.56. The van der Waals surface area contributed by atoms with Crippen LogP contribution in [0.15, 0.2) is 54.6 Å². The summed E-state index contributed by atoms with van der Waals surface area (Å²) < 4.78 is 5.68. The summed E-state index contributed by atoms with van der Waals surface area (Å²) in [6.07, 6.45) is 1.21. The summed E-state index contributed by atoms with van der Waals surface area (Å²) in [6.45, 7) is 1.05. The van der Waals surface area contributed by atoms with Crippen LogP contribution in [0.1, 0.15) is 24.0 Å². The molecule has 1 amide bonds. The maximum Gasteiger partial charge on any atom is 0.307 e. The van der Waals surface area contributed by atoms with E-state index in [0.29, 0.717) is 31.7 Å². The van der Waals surface area contributed by atoms with Gasteiger partial charge in [0.2, 0.25) is 5.91 Å². The summed E-state index contributed by atoms with van der Waals surface area (Å²) in [5, 5.41) is 11.8. The quantitative estimate of drug-likeness (QED) is 0.810. The number of aliphatic carboxylic acids is 1. The van der Waals surface area contributed by atoms with Gasteiger partial charge in [0.25, 0.3) is 0 Å². The van der Waals surface area contributed by atoms with Crippen molar-refractivity contribution in [3.8, 4) is 0 Å². The van der Waals surface area contributed by atoms with E-state index in [4.69, 9.17) is 9.84 Å². The highest BCUT2D eigenvalue weighted by Crippen LogP contribution is 2.35. The Morgan fingerprint density at radius 2 is 1.52 bits per heavy atom. The standard InChI is InChI=1S/C20H21NO4/c22-19(17-10-11-18(17)20(23)24)21-16-8-6-15(7-9-16)13-25-12-14-4-2-1-3-5-14/h1-9,17-18H,10-13H2,(H,21,22)(H,23,24). The van der Waals surface area contributed by atoms with Gasteiger partial charge < -0.3 is 15.2 Å². The van der Waals surface area contributed by atoms with Gasteiger partial charge in [0.1, 0.15) is 0 Å². The minimum Gasteiger partial charge on any atom is -0.481 e. The van der Waals surface area contributed by atoms with Gasteiger partial charge in [-0.3, -0.25) is 9.59 Å². The molecule has 5 nitrogen and oxygen atoms in total. The van der Waals surface area contributed by atoms with Crippen LogP contribution in [0.2, 0.25) is 0 Å². The van der Waals surface area contributed by atoms with Crippen molar-refractivity contribution in [2.24, 2.45) is 11.8 Å². The van der Waals surface area contributed by atoms with Gasteiger partial charge in [-0.15, -0.1) is 0 Å². The molecule has 2 aromatic rings. The third-order valence-electron chi connectivity index (χ3n) is 4.53. The zero-order valence-electron chi connectivity index (χ0n) is 13.9. The zero-order valence-corrected chi connectivity index (χ0v) is 13.9. The molecule has 0 aliphatic heterocycles. The van der Waals surface area contributed by atoms with Crippen LogP contribution in [0.4, 0.5) is 5.69 Å². The number of rotatable bonds is 7.